The Kier molecular flexibility index (Phi) is 4.15. The van der Waals surface area contributed by atoms with E-state index in [1.54, 1.807) is 6.07 Å². The van der Waals surface area contributed by atoms with Crippen molar-refractivity contribution in [2.75, 3.05) is 19.6 Å². The Balaban J connectivity index is 2.13. The Morgan fingerprint density at radius 1 is 1.39 bits per heavy atom. The van der Waals surface area contributed by atoms with E-state index in [0.717, 1.165) is 25.9 Å². The van der Waals surface area contributed by atoms with Crippen LogP contribution in [0.4, 0.5) is 0 Å². The van der Waals surface area contributed by atoms with Gasteiger partial charge in [-0.25, -0.2) is 0 Å². The number of pyridine rings is 1. The van der Waals surface area contributed by atoms with Gasteiger partial charge in [-0.1, -0.05) is 0 Å². The fraction of sp³-hybridized carbons (Fsp3) is 0.538. The van der Waals surface area contributed by atoms with Gasteiger partial charge in [-0.05, 0) is 38.9 Å². The van der Waals surface area contributed by atoms with E-state index in [-0.39, 0.29) is 11.5 Å². The average molecular weight is 249 g/mol. The third-order valence-corrected chi connectivity index (χ3v) is 3.38. The summed E-state index contributed by atoms with van der Waals surface area (Å²) in [7, 11) is 0. The van der Waals surface area contributed by atoms with Gasteiger partial charge in [-0.15, -0.1) is 0 Å². The highest BCUT2D eigenvalue weighted by molar-refractivity contribution is 5.94. The quantitative estimate of drug-likeness (QED) is 0.824. The van der Waals surface area contributed by atoms with Crippen molar-refractivity contribution >= 4 is 5.91 Å². The highest BCUT2D eigenvalue weighted by atomic mass is 16.2. The molecule has 0 radical (unpaired) electrons. The van der Waals surface area contributed by atoms with Crippen LogP contribution in [0.3, 0.4) is 0 Å². The Morgan fingerprint density at radius 3 is 2.67 bits per heavy atom. The first-order valence-electron chi connectivity index (χ1n) is 6.43. The SMILES string of the molecule is CCN(C(=O)c1ccc(=O)[nH]c1)C1CCNCC1. The zero-order valence-electron chi connectivity index (χ0n) is 10.6. The van der Waals surface area contributed by atoms with Crippen LogP contribution < -0.4 is 10.9 Å². The molecule has 0 unspecified atom stereocenters. The third-order valence-electron chi connectivity index (χ3n) is 3.38. The molecule has 0 spiro atoms. The number of aromatic amines is 1. The molecule has 0 aliphatic carbocycles. The summed E-state index contributed by atoms with van der Waals surface area (Å²) in [6.07, 6.45) is 3.47. The summed E-state index contributed by atoms with van der Waals surface area (Å²) < 4.78 is 0. The molecule has 1 aliphatic heterocycles. The molecular weight excluding hydrogens is 230 g/mol. The number of hydrogen-bond acceptors (Lipinski definition) is 3. The van der Waals surface area contributed by atoms with Gasteiger partial charge in [0.1, 0.15) is 0 Å². The molecule has 18 heavy (non-hydrogen) atoms. The molecule has 2 heterocycles. The lowest BCUT2D eigenvalue weighted by Gasteiger charge is -2.34. The first-order valence-corrected chi connectivity index (χ1v) is 6.43. The van der Waals surface area contributed by atoms with Crippen LogP contribution in [0.25, 0.3) is 0 Å². The normalized spacial score (nSPS) is 16.5. The number of carbonyl (C=O) groups excluding carboxylic acids is 1. The van der Waals surface area contributed by atoms with Gasteiger partial charge < -0.3 is 15.2 Å². The van der Waals surface area contributed by atoms with Gasteiger partial charge >= 0.3 is 0 Å². The molecule has 1 saturated heterocycles. The number of piperidine rings is 1. The van der Waals surface area contributed by atoms with Crippen molar-refractivity contribution in [1.82, 2.24) is 15.2 Å². The number of rotatable bonds is 3. The maximum absolute atomic E-state index is 12.4. The number of nitrogens with zero attached hydrogens (tertiary/aromatic N) is 1. The zero-order valence-corrected chi connectivity index (χ0v) is 10.6. The van der Waals surface area contributed by atoms with Gasteiger partial charge in [0.05, 0.1) is 5.56 Å². The molecule has 0 saturated carbocycles. The number of amides is 1. The Bertz CT molecular complexity index is 443. The number of carbonyl (C=O) groups is 1. The predicted molar refractivity (Wildman–Crippen MR) is 69.7 cm³/mol. The van der Waals surface area contributed by atoms with Crippen molar-refractivity contribution in [2.45, 2.75) is 25.8 Å². The van der Waals surface area contributed by atoms with Crippen LogP contribution in [0.2, 0.25) is 0 Å². The van der Waals surface area contributed by atoms with Gasteiger partial charge in [0, 0.05) is 24.8 Å². The van der Waals surface area contributed by atoms with Crippen molar-refractivity contribution in [3.63, 3.8) is 0 Å². The molecular formula is C13H19N3O2. The molecule has 0 atom stereocenters. The summed E-state index contributed by atoms with van der Waals surface area (Å²) in [4.78, 5) is 27.8. The number of aromatic nitrogens is 1. The van der Waals surface area contributed by atoms with E-state index in [0.29, 0.717) is 18.2 Å². The van der Waals surface area contributed by atoms with E-state index in [2.05, 4.69) is 10.3 Å². The maximum atomic E-state index is 12.4. The van der Waals surface area contributed by atoms with E-state index in [1.807, 2.05) is 11.8 Å². The number of hydrogen-bond donors (Lipinski definition) is 2. The minimum absolute atomic E-state index is 0.000602. The van der Waals surface area contributed by atoms with Crippen LogP contribution in [-0.4, -0.2) is 41.5 Å². The molecule has 1 fully saturated rings. The van der Waals surface area contributed by atoms with Gasteiger partial charge in [-0.2, -0.15) is 0 Å². The lowest BCUT2D eigenvalue weighted by molar-refractivity contribution is 0.0655. The zero-order chi connectivity index (χ0) is 13.0. The topological polar surface area (TPSA) is 65.2 Å². The van der Waals surface area contributed by atoms with E-state index in [9.17, 15) is 9.59 Å². The van der Waals surface area contributed by atoms with Crippen LogP contribution in [0, 0.1) is 0 Å². The second-order valence-electron chi connectivity index (χ2n) is 4.51. The lowest BCUT2D eigenvalue weighted by Crippen LogP contribution is -2.46. The molecule has 0 aromatic carbocycles. The minimum Gasteiger partial charge on any atom is -0.336 e. The largest absolute Gasteiger partial charge is 0.336 e. The Morgan fingerprint density at radius 2 is 2.11 bits per heavy atom. The Labute approximate surface area is 106 Å². The summed E-state index contributed by atoms with van der Waals surface area (Å²) in [5.41, 5.74) is 0.367. The van der Waals surface area contributed by atoms with Gasteiger partial charge in [0.2, 0.25) is 5.56 Å². The van der Waals surface area contributed by atoms with Crippen molar-refractivity contribution in [3.8, 4) is 0 Å². The molecule has 1 amide bonds. The van der Waals surface area contributed by atoms with E-state index >= 15 is 0 Å². The fourth-order valence-electron chi connectivity index (χ4n) is 2.40. The summed E-state index contributed by atoms with van der Waals surface area (Å²) in [6, 6.07) is 3.28. The van der Waals surface area contributed by atoms with Crippen molar-refractivity contribution in [2.24, 2.45) is 0 Å². The van der Waals surface area contributed by atoms with Crippen LogP contribution in [-0.2, 0) is 0 Å². The highest BCUT2D eigenvalue weighted by Gasteiger charge is 2.24. The number of H-pyrrole nitrogens is 1. The van der Waals surface area contributed by atoms with E-state index in [4.69, 9.17) is 0 Å². The second kappa shape index (κ2) is 5.82. The standard InChI is InChI=1S/C13H19N3O2/c1-2-16(11-5-7-14-8-6-11)13(18)10-3-4-12(17)15-9-10/h3-4,9,11,14H,2,5-8H2,1H3,(H,15,17). The molecule has 1 aromatic rings. The highest BCUT2D eigenvalue weighted by Crippen LogP contribution is 2.14. The third kappa shape index (κ3) is 2.79. The van der Waals surface area contributed by atoms with Gasteiger partial charge in [0.15, 0.2) is 0 Å². The molecule has 1 aromatic heterocycles. The summed E-state index contributed by atoms with van der Waals surface area (Å²) in [5.74, 6) is 0.000602. The second-order valence-corrected chi connectivity index (χ2v) is 4.51. The van der Waals surface area contributed by atoms with E-state index in [1.165, 1.54) is 12.3 Å². The predicted octanol–water partition coefficient (Wildman–Crippen LogP) is 0.589. The summed E-state index contributed by atoms with van der Waals surface area (Å²) in [6.45, 7) is 4.61. The minimum atomic E-state index is -0.184. The molecule has 5 heteroatoms. The van der Waals surface area contributed by atoms with Gasteiger partial charge in [-0.3, -0.25) is 9.59 Å². The van der Waals surface area contributed by atoms with Crippen LogP contribution in [0.5, 0.6) is 0 Å². The Hall–Kier alpha value is -1.62. The van der Waals surface area contributed by atoms with Crippen molar-refractivity contribution < 1.29 is 4.79 Å². The monoisotopic (exact) mass is 249 g/mol. The fourth-order valence-corrected chi connectivity index (χ4v) is 2.40. The summed E-state index contributed by atoms with van der Waals surface area (Å²) >= 11 is 0. The lowest BCUT2D eigenvalue weighted by atomic mass is 10.0. The van der Waals surface area contributed by atoms with Crippen LogP contribution >= 0.6 is 0 Å². The van der Waals surface area contributed by atoms with Gasteiger partial charge in [0.25, 0.3) is 5.91 Å². The molecule has 0 bridgehead atoms. The first kappa shape index (κ1) is 12.8. The van der Waals surface area contributed by atoms with E-state index < -0.39 is 0 Å². The van der Waals surface area contributed by atoms with Crippen molar-refractivity contribution in [3.05, 3.63) is 34.2 Å². The number of nitrogens with one attached hydrogen (secondary N) is 2. The maximum Gasteiger partial charge on any atom is 0.255 e. The molecule has 5 nitrogen and oxygen atoms in total. The first-order chi connectivity index (χ1) is 8.72. The average Bonchev–Trinajstić information content (AvgIpc) is 2.41. The smallest absolute Gasteiger partial charge is 0.255 e. The van der Waals surface area contributed by atoms with Crippen molar-refractivity contribution in [1.29, 1.82) is 0 Å². The summed E-state index contributed by atoms with van der Waals surface area (Å²) in [5, 5.41) is 3.29. The van der Waals surface area contributed by atoms with Crippen LogP contribution in [0.15, 0.2) is 23.1 Å². The molecule has 1 aliphatic rings. The van der Waals surface area contributed by atoms with Crippen LogP contribution in [0.1, 0.15) is 30.1 Å². The molecule has 98 valence electrons. The molecule has 2 N–H and O–H groups in total. The molecule has 2 rings (SSSR count).